The number of nitrogens with one attached hydrogen (secondary N) is 1. The van der Waals surface area contributed by atoms with Crippen molar-refractivity contribution in [3.05, 3.63) is 64.4 Å². The van der Waals surface area contributed by atoms with Crippen molar-refractivity contribution in [3.63, 3.8) is 0 Å². The third kappa shape index (κ3) is 3.70. The molecule has 0 saturated carbocycles. The van der Waals surface area contributed by atoms with E-state index in [0.29, 0.717) is 16.4 Å². The lowest BCUT2D eigenvalue weighted by Gasteiger charge is -2.15. The number of halogens is 1. The molecule has 0 unspecified atom stereocenters. The van der Waals surface area contributed by atoms with Gasteiger partial charge in [-0.15, -0.1) is 5.10 Å². The molecule has 0 atom stereocenters. The molecule has 1 N–H and O–H groups in total. The summed E-state index contributed by atoms with van der Waals surface area (Å²) >= 11 is 6.01. The Balaban J connectivity index is 1.85. The molecule has 0 aliphatic heterocycles. The average molecular weight is 370 g/mol. The van der Waals surface area contributed by atoms with E-state index in [1.54, 1.807) is 19.1 Å². The van der Waals surface area contributed by atoms with Crippen LogP contribution in [0.3, 0.4) is 0 Å². The van der Waals surface area contributed by atoms with Gasteiger partial charge < -0.3 is 10.2 Å². The van der Waals surface area contributed by atoms with Crippen molar-refractivity contribution in [1.29, 1.82) is 0 Å². The van der Waals surface area contributed by atoms with E-state index < -0.39 is 0 Å². The van der Waals surface area contributed by atoms with Crippen LogP contribution in [0.2, 0.25) is 5.02 Å². The lowest BCUT2D eigenvalue weighted by atomic mass is 10.1. The number of rotatable bonds is 4. The van der Waals surface area contributed by atoms with Crippen LogP contribution in [-0.2, 0) is 0 Å². The molecule has 0 aliphatic rings. The number of hydrogen-bond acceptors (Lipinski definition) is 4. The number of carbonyl (C=O) groups is 1. The molecule has 3 rings (SSSR count). The van der Waals surface area contributed by atoms with Gasteiger partial charge in [-0.2, -0.15) is 9.90 Å². The Morgan fingerprint density at radius 3 is 2.54 bits per heavy atom. The second kappa shape index (κ2) is 7.17. The standard InChI is InChI=1S/C19H20ClN5O/c1-12-10-15(24(3)4)8-9-17(12)21-19(26)18-13(2)22-25(23-18)16-7-5-6-14(20)11-16/h5-11H,1-4H3,(H,21,26). The molecule has 1 heterocycles. The third-order valence-corrected chi connectivity index (χ3v) is 4.25. The number of benzene rings is 2. The second-order valence-corrected chi connectivity index (χ2v) is 6.69. The molecule has 2 aromatic carbocycles. The van der Waals surface area contributed by atoms with Gasteiger partial charge in [0, 0.05) is 30.5 Å². The van der Waals surface area contributed by atoms with Crippen LogP contribution in [0.15, 0.2) is 42.5 Å². The Hall–Kier alpha value is -2.86. The normalized spacial score (nSPS) is 10.7. The molecule has 0 saturated heterocycles. The molecule has 134 valence electrons. The fraction of sp³-hybridized carbons (Fsp3) is 0.211. The van der Waals surface area contributed by atoms with Crippen molar-refractivity contribution in [2.75, 3.05) is 24.3 Å². The van der Waals surface area contributed by atoms with Crippen molar-refractivity contribution in [3.8, 4) is 5.69 Å². The summed E-state index contributed by atoms with van der Waals surface area (Å²) in [7, 11) is 3.95. The quantitative estimate of drug-likeness (QED) is 0.758. The molecule has 0 spiro atoms. The van der Waals surface area contributed by atoms with Crippen LogP contribution < -0.4 is 10.2 Å². The minimum absolute atomic E-state index is 0.279. The van der Waals surface area contributed by atoms with Gasteiger partial charge in [0.25, 0.3) is 5.91 Å². The molecule has 0 fully saturated rings. The van der Waals surface area contributed by atoms with Gasteiger partial charge in [-0.3, -0.25) is 4.79 Å². The largest absolute Gasteiger partial charge is 0.378 e. The highest BCUT2D eigenvalue weighted by Gasteiger charge is 2.17. The summed E-state index contributed by atoms with van der Waals surface area (Å²) in [5.41, 5.74) is 4.32. The van der Waals surface area contributed by atoms with Gasteiger partial charge in [0.05, 0.1) is 11.4 Å². The SMILES string of the molecule is Cc1cc(N(C)C)ccc1NC(=O)c1nn(-c2cccc(Cl)c2)nc1C. The summed E-state index contributed by atoms with van der Waals surface area (Å²) in [6, 6.07) is 13.0. The van der Waals surface area contributed by atoms with E-state index in [9.17, 15) is 4.79 Å². The maximum absolute atomic E-state index is 12.7. The van der Waals surface area contributed by atoms with Gasteiger partial charge >= 0.3 is 0 Å². The predicted octanol–water partition coefficient (Wildman–Crippen LogP) is 3.86. The Bertz CT molecular complexity index is 964. The van der Waals surface area contributed by atoms with E-state index in [4.69, 9.17) is 11.6 Å². The van der Waals surface area contributed by atoms with E-state index in [2.05, 4.69) is 15.5 Å². The van der Waals surface area contributed by atoms with E-state index >= 15 is 0 Å². The molecule has 1 amide bonds. The maximum atomic E-state index is 12.7. The van der Waals surface area contributed by atoms with Crippen molar-refractivity contribution in [1.82, 2.24) is 15.0 Å². The predicted molar refractivity (Wildman–Crippen MR) is 105 cm³/mol. The molecular weight excluding hydrogens is 350 g/mol. The number of anilines is 2. The van der Waals surface area contributed by atoms with Crippen LogP contribution in [0, 0.1) is 13.8 Å². The summed E-state index contributed by atoms with van der Waals surface area (Å²) in [5.74, 6) is -0.295. The molecule has 26 heavy (non-hydrogen) atoms. The van der Waals surface area contributed by atoms with E-state index in [1.165, 1.54) is 4.80 Å². The lowest BCUT2D eigenvalue weighted by molar-refractivity contribution is 0.102. The van der Waals surface area contributed by atoms with Gasteiger partial charge in [-0.1, -0.05) is 17.7 Å². The second-order valence-electron chi connectivity index (χ2n) is 6.25. The highest BCUT2D eigenvalue weighted by atomic mass is 35.5. The molecule has 0 bridgehead atoms. The van der Waals surface area contributed by atoms with E-state index in [1.807, 2.05) is 56.3 Å². The summed E-state index contributed by atoms with van der Waals surface area (Å²) in [6.45, 7) is 3.71. The highest BCUT2D eigenvalue weighted by molar-refractivity contribution is 6.30. The zero-order valence-electron chi connectivity index (χ0n) is 15.1. The Morgan fingerprint density at radius 2 is 1.88 bits per heavy atom. The van der Waals surface area contributed by atoms with Crippen LogP contribution in [-0.4, -0.2) is 35.0 Å². The number of carbonyl (C=O) groups excluding carboxylic acids is 1. The van der Waals surface area contributed by atoms with Crippen molar-refractivity contribution in [2.45, 2.75) is 13.8 Å². The molecule has 3 aromatic rings. The van der Waals surface area contributed by atoms with E-state index in [-0.39, 0.29) is 11.6 Å². The van der Waals surface area contributed by atoms with Gasteiger partial charge in [0.15, 0.2) is 5.69 Å². The number of hydrogen-bond donors (Lipinski definition) is 1. The smallest absolute Gasteiger partial charge is 0.278 e. The van der Waals surface area contributed by atoms with E-state index in [0.717, 1.165) is 16.9 Å². The fourth-order valence-electron chi connectivity index (χ4n) is 2.55. The number of amides is 1. The summed E-state index contributed by atoms with van der Waals surface area (Å²) in [6.07, 6.45) is 0. The van der Waals surface area contributed by atoms with Crippen molar-refractivity contribution >= 4 is 28.9 Å². The fourth-order valence-corrected chi connectivity index (χ4v) is 2.74. The van der Waals surface area contributed by atoms with Crippen LogP contribution in [0.4, 0.5) is 11.4 Å². The van der Waals surface area contributed by atoms with Crippen molar-refractivity contribution < 1.29 is 4.79 Å². The molecular formula is C19H20ClN5O. The first kappa shape index (κ1) is 17.9. The monoisotopic (exact) mass is 369 g/mol. The zero-order chi connectivity index (χ0) is 18.8. The Labute approximate surface area is 157 Å². The Morgan fingerprint density at radius 1 is 1.12 bits per heavy atom. The third-order valence-electron chi connectivity index (χ3n) is 4.01. The summed E-state index contributed by atoms with van der Waals surface area (Å²) in [5, 5.41) is 12.1. The minimum atomic E-state index is -0.295. The molecule has 6 nitrogen and oxygen atoms in total. The Kier molecular flexibility index (Phi) is 4.95. The first-order valence-corrected chi connectivity index (χ1v) is 8.52. The first-order valence-electron chi connectivity index (χ1n) is 8.14. The van der Waals surface area contributed by atoms with Gasteiger partial charge in [-0.05, 0) is 55.8 Å². The maximum Gasteiger partial charge on any atom is 0.278 e. The first-order chi connectivity index (χ1) is 12.3. The molecule has 0 aliphatic carbocycles. The lowest BCUT2D eigenvalue weighted by Crippen LogP contribution is -2.15. The number of aryl methyl sites for hydroxylation is 2. The average Bonchev–Trinajstić information content (AvgIpc) is 2.98. The van der Waals surface area contributed by atoms with Crippen molar-refractivity contribution in [2.24, 2.45) is 0 Å². The summed E-state index contributed by atoms with van der Waals surface area (Å²) in [4.78, 5) is 16.1. The zero-order valence-corrected chi connectivity index (χ0v) is 15.9. The topological polar surface area (TPSA) is 63.1 Å². The number of nitrogens with zero attached hydrogens (tertiary/aromatic N) is 4. The van der Waals surface area contributed by atoms with Crippen LogP contribution in [0.25, 0.3) is 5.69 Å². The number of aromatic nitrogens is 3. The van der Waals surface area contributed by atoms with Gasteiger partial charge in [-0.25, -0.2) is 0 Å². The van der Waals surface area contributed by atoms with Gasteiger partial charge in [0.2, 0.25) is 0 Å². The van der Waals surface area contributed by atoms with Crippen LogP contribution in [0.5, 0.6) is 0 Å². The molecule has 1 aromatic heterocycles. The van der Waals surface area contributed by atoms with Gasteiger partial charge in [0.1, 0.15) is 0 Å². The minimum Gasteiger partial charge on any atom is -0.378 e. The molecule has 0 radical (unpaired) electrons. The van der Waals surface area contributed by atoms with Crippen LogP contribution in [0.1, 0.15) is 21.7 Å². The highest BCUT2D eigenvalue weighted by Crippen LogP contribution is 2.22. The molecule has 7 heteroatoms. The van der Waals surface area contributed by atoms with Crippen LogP contribution >= 0.6 is 11.6 Å². The summed E-state index contributed by atoms with van der Waals surface area (Å²) < 4.78 is 0.